The number of anilines is 1. The first-order valence-corrected chi connectivity index (χ1v) is 6.78. The van der Waals surface area contributed by atoms with Gasteiger partial charge in [-0.2, -0.15) is 17.5 Å². The third kappa shape index (κ3) is 4.06. The molecule has 0 fully saturated rings. The molecule has 19 heavy (non-hydrogen) atoms. The molecular formula is C10H14F3N3O2S. The first-order chi connectivity index (χ1) is 8.54. The van der Waals surface area contributed by atoms with Crippen molar-refractivity contribution in [3.63, 3.8) is 0 Å². The van der Waals surface area contributed by atoms with Gasteiger partial charge in [-0.25, -0.2) is 13.4 Å². The van der Waals surface area contributed by atoms with E-state index in [1.807, 2.05) is 0 Å². The maximum absolute atomic E-state index is 12.4. The Balaban J connectivity index is 3.17. The average Bonchev–Trinajstić information content (AvgIpc) is 2.25. The number of pyridine rings is 1. The fourth-order valence-electron chi connectivity index (χ4n) is 1.40. The number of sulfonamides is 1. The molecule has 9 heteroatoms. The Morgan fingerprint density at radius 3 is 2.32 bits per heavy atom. The van der Waals surface area contributed by atoms with Crippen molar-refractivity contribution in [2.24, 2.45) is 0 Å². The summed E-state index contributed by atoms with van der Waals surface area (Å²) in [6.45, 7) is 1.19. The third-order valence-electron chi connectivity index (χ3n) is 2.28. The van der Waals surface area contributed by atoms with Crippen LogP contribution in [0.5, 0.6) is 0 Å². The monoisotopic (exact) mass is 297 g/mol. The van der Waals surface area contributed by atoms with E-state index in [0.29, 0.717) is 4.31 Å². The summed E-state index contributed by atoms with van der Waals surface area (Å²) < 4.78 is 61.9. The van der Waals surface area contributed by atoms with Crippen LogP contribution >= 0.6 is 0 Å². The molecule has 0 atom stereocenters. The van der Waals surface area contributed by atoms with E-state index in [4.69, 9.17) is 5.73 Å². The van der Waals surface area contributed by atoms with E-state index in [0.717, 1.165) is 12.3 Å². The van der Waals surface area contributed by atoms with Gasteiger partial charge in [-0.3, -0.25) is 0 Å². The van der Waals surface area contributed by atoms with E-state index in [-0.39, 0.29) is 10.7 Å². The first kappa shape index (κ1) is 15.7. The molecule has 0 aromatic carbocycles. The summed E-state index contributed by atoms with van der Waals surface area (Å²) in [7, 11) is -4.25. The number of rotatable bonds is 4. The Morgan fingerprint density at radius 2 is 1.95 bits per heavy atom. The molecule has 0 saturated carbocycles. The minimum absolute atomic E-state index is 0.0888. The van der Waals surface area contributed by atoms with Crippen molar-refractivity contribution in [1.82, 2.24) is 9.29 Å². The summed E-state index contributed by atoms with van der Waals surface area (Å²) in [5.41, 5.74) is 5.31. The maximum atomic E-state index is 12.4. The predicted molar refractivity (Wildman–Crippen MR) is 63.7 cm³/mol. The van der Waals surface area contributed by atoms with Gasteiger partial charge >= 0.3 is 6.18 Å². The van der Waals surface area contributed by atoms with E-state index in [1.54, 1.807) is 0 Å². The number of aromatic nitrogens is 1. The Bertz CT molecular complexity index is 526. The van der Waals surface area contributed by atoms with Crippen molar-refractivity contribution in [2.45, 2.75) is 31.0 Å². The smallest absolute Gasteiger partial charge is 0.384 e. The number of nitrogens with zero attached hydrogens (tertiary/aromatic N) is 2. The fourth-order valence-corrected chi connectivity index (χ4v) is 2.97. The highest BCUT2D eigenvalue weighted by Crippen LogP contribution is 2.24. The second-order valence-electron chi connectivity index (χ2n) is 4.18. The lowest BCUT2D eigenvalue weighted by atomic mass is 10.4. The SMILES string of the molecule is CC(C)N(CC(F)(F)F)S(=O)(=O)c1ccc(N)nc1. The van der Waals surface area contributed by atoms with Gasteiger partial charge in [0.15, 0.2) is 0 Å². The Morgan fingerprint density at radius 1 is 1.37 bits per heavy atom. The minimum atomic E-state index is -4.61. The molecule has 1 heterocycles. The highest BCUT2D eigenvalue weighted by molar-refractivity contribution is 7.89. The van der Waals surface area contributed by atoms with Gasteiger partial charge in [-0.05, 0) is 26.0 Å². The standard InChI is InChI=1S/C10H14F3N3O2S/c1-7(2)16(6-10(11,12)13)19(17,18)8-3-4-9(14)15-5-8/h3-5,7H,6H2,1-2H3,(H2,14,15). The van der Waals surface area contributed by atoms with Crippen molar-refractivity contribution in [3.8, 4) is 0 Å². The quantitative estimate of drug-likeness (QED) is 0.916. The number of hydrogen-bond donors (Lipinski definition) is 1. The highest BCUT2D eigenvalue weighted by Gasteiger charge is 2.38. The highest BCUT2D eigenvalue weighted by atomic mass is 32.2. The van der Waals surface area contributed by atoms with Gasteiger partial charge in [0.25, 0.3) is 0 Å². The zero-order chi connectivity index (χ0) is 14.8. The second-order valence-corrected chi connectivity index (χ2v) is 6.07. The molecule has 0 radical (unpaired) electrons. The van der Waals surface area contributed by atoms with Crippen LogP contribution in [0.3, 0.4) is 0 Å². The van der Waals surface area contributed by atoms with Gasteiger partial charge in [0.05, 0.1) is 0 Å². The molecule has 0 aliphatic carbocycles. The molecule has 0 amide bonds. The fraction of sp³-hybridized carbons (Fsp3) is 0.500. The summed E-state index contributed by atoms with van der Waals surface area (Å²) in [5.74, 6) is 0.0888. The predicted octanol–water partition coefficient (Wildman–Crippen LogP) is 1.63. The lowest BCUT2D eigenvalue weighted by Crippen LogP contribution is -2.43. The van der Waals surface area contributed by atoms with Crippen molar-refractivity contribution >= 4 is 15.8 Å². The van der Waals surface area contributed by atoms with Crippen LogP contribution in [0.2, 0.25) is 0 Å². The molecule has 0 unspecified atom stereocenters. The summed E-state index contributed by atoms with van der Waals surface area (Å²) in [6, 6.07) is 1.52. The molecule has 1 aromatic heterocycles. The largest absolute Gasteiger partial charge is 0.402 e. The molecule has 1 rings (SSSR count). The van der Waals surface area contributed by atoms with Gasteiger partial charge in [0, 0.05) is 12.2 Å². The third-order valence-corrected chi connectivity index (χ3v) is 4.28. The topological polar surface area (TPSA) is 76.3 Å². The second kappa shape index (κ2) is 5.33. The van der Waals surface area contributed by atoms with Crippen molar-refractivity contribution in [2.75, 3.05) is 12.3 Å². The van der Waals surface area contributed by atoms with Gasteiger partial charge < -0.3 is 5.73 Å². The van der Waals surface area contributed by atoms with Crippen molar-refractivity contribution in [1.29, 1.82) is 0 Å². The Labute approximate surface area is 109 Å². The summed E-state index contributed by atoms with van der Waals surface area (Å²) >= 11 is 0. The number of nitrogen functional groups attached to an aromatic ring is 1. The lowest BCUT2D eigenvalue weighted by Gasteiger charge is -2.26. The lowest BCUT2D eigenvalue weighted by molar-refractivity contribution is -0.138. The van der Waals surface area contributed by atoms with E-state index >= 15 is 0 Å². The van der Waals surface area contributed by atoms with E-state index in [2.05, 4.69) is 4.98 Å². The van der Waals surface area contributed by atoms with E-state index in [9.17, 15) is 21.6 Å². The molecule has 0 aliphatic heterocycles. The zero-order valence-electron chi connectivity index (χ0n) is 10.3. The van der Waals surface area contributed by atoms with Crippen LogP contribution in [0.15, 0.2) is 23.2 Å². The summed E-state index contributed by atoms with van der Waals surface area (Å²) in [5, 5.41) is 0. The molecule has 0 saturated heterocycles. The van der Waals surface area contributed by atoms with Gasteiger partial charge in [0.1, 0.15) is 17.3 Å². The van der Waals surface area contributed by atoms with Crippen LogP contribution in [-0.4, -0.2) is 36.5 Å². The van der Waals surface area contributed by atoms with Crippen LogP contribution in [-0.2, 0) is 10.0 Å². The van der Waals surface area contributed by atoms with Crippen molar-refractivity contribution < 1.29 is 21.6 Å². The van der Waals surface area contributed by atoms with Crippen LogP contribution < -0.4 is 5.73 Å². The zero-order valence-corrected chi connectivity index (χ0v) is 11.2. The summed E-state index contributed by atoms with van der Waals surface area (Å²) in [6.07, 6.45) is -3.67. The molecule has 1 aromatic rings. The van der Waals surface area contributed by atoms with Gasteiger partial charge in [0.2, 0.25) is 10.0 Å². The number of alkyl halides is 3. The molecule has 5 nitrogen and oxygen atoms in total. The number of nitrogens with two attached hydrogens (primary N) is 1. The Hall–Kier alpha value is -1.35. The molecule has 0 aliphatic rings. The van der Waals surface area contributed by atoms with Crippen LogP contribution in [0.4, 0.5) is 19.0 Å². The van der Waals surface area contributed by atoms with Gasteiger partial charge in [-0.1, -0.05) is 0 Å². The Kier molecular flexibility index (Phi) is 4.41. The maximum Gasteiger partial charge on any atom is 0.402 e. The normalized spacial score (nSPS) is 13.2. The molecular weight excluding hydrogens is 283 g/mol. The van der Waals surface area contributed by atoms with Crippen LogP contribution in [0.1, 0.15) is 13.8 Å². The summed E-state index contributed by atoms with van der Waals surface area (Å²) in [4.78, 5) is 3.25. The number of hydrogen-bond acceptors (Lipinski definition) is 4. The average molecular weight is 297 g/mol. The number of halogens is 3. The van der Waals surface area contributed by atoms with E-state index in [1.165, 1.54) is 19.9 Å². The first-order valence-electron chi connectivity index (χ1n) is 5.34. The molecule has 2 N–H and O–H groups in total. The van der Waals surface area contributed by atoms with E-state index < -0.39 is 28.8 Å². The van der Waals surface area contributed by atoms with Crippen molar-refractivity contribution in [3.05, 3.63) is 18.3 Å². The minimum Gasteiger partial charge on any atom is -0.384 e. The molecule has 0 spiro atoms. The molecule has 0 bridgehead atoms. The van der Waals surface area contributed by atoms with Crippen LogP contribution in [0, 0.1) is 0 Å². The van der Waals surface area contributed by atoms with Crippen LogP contribution in [0.25, 0.3) is 0 Å². The van der Waals surface area contributed by atoms with Gasteiger partial charge in [-0.15, -0.1) is 0 Å². The molecule has 108 valence electrons.